The van der Waals surface area contributed by atoms with Gasteiger partial charge in [-0.1, -0.05) is 41.9 Å². The first-order valence-electron chi connectivity index (χ1n) is 22.4. The van der Waals surface area contributed by atoms with Crippen LogP contribution in [-0.2, 0) is 21.4 Å². The maximum atomic E-state index is 13.7. The third-order valence-electron chi connectivity index (χ3n) is 12.1. The van der Waals surface area contributed by atoms with Gasteiger partial charge in [0.25, 0.3) is 15.9 Å². The van der Waals surface area contributed by atoms with Gasteiger partial charge in [0.15, 0.2) is 22.4 Å². The number of nitrogens with one attached hydrogen (secondary N) is 2. The molecule has 0 radical (unpaired) electrons. The van der Waals surface area contributed by atoms with Crippen LogP contribution in [0.15, 0.2) is 71.9 Å². The molecule has 4 aliphatic rings. The van der Waals surface area contributed by atoms with Crippen LogP contribution in [0.5, 0.6) is 11.6 Å². The van der Waals surface area contributed by atoms with E-state index in [-0.39, 0.29) is 63.2 Å². The molecule has 3 saturated carbocycles. The van der Waals surface area contributed by atoms with Crippen molar-refractivity contribution in [2.75, 3.05) is 25.0 Å². The molecule has 3 aliphatic carbocycles. The normalized spacial score (nSPS) is 21.0. The number of carbonyl (C=O) groups is 2. The first kappa shape index (κ1) is 36.9. The van der Waals surface area contributed by atoms with Crippen molar-refractivity contribution in [3.63, 3.8) is 0 Å². The monoisotopic (exact) mass is 863 g/mol. The lowest BCUT2D eigenvalue weighted by Gasteiger charge is -2.33. The van der Waals surface area contributed by atoms with Gasteiger partial charge < -0.3 is 24.4 Å². The molecule has 4 fully saturated rings. The second-order valence-electron chi connectivity index (χ2n) is 17.9. The number of hydrogen-bond donors (Lipinski definition) is 2. The quantitative estimate of drug-likeness (QED) is 0.0824. The SMILES string of the molecule is [2H]C([2H])(Oc1ccn(-c2ccc(C(=O)NS(=O)(=O)c3ccc(OCc4ccccc4)c(NCCC[C@@H]4CN(C(=O)OC(C)(C)C)C(C)(C)C4)n3)c(Cl)n2)n1)C([2H])([2H])C1C2(CC2)C12CC2. The molecule has 0 bridgehead atoms. The van der Waals surface area contributed by atoms with E-state index in [1.807, 2.05) is 69.7 Å². The molecule has 0 unspecified atom stereocenters. The summed E-state index contributed by atoms with van der Waals surface area (Å²) < 4.78 is 82.4. The zero-order valence-corrected chi connectivity index (χ0v) is 36.0. The number of sulfonamides is 1. The highest BCUT2D eigenvalue weighted by molar-refractivity contribution is 7.90. The Kier molecular flexibility index (Phi) is 9.76. The highest BCUT2D eigenvalue weighted by atomic mass is 35.5. The number of amides is 2. The predicted molar refractivity (Wildman–Crippen MR) is 226 cm³/mol. The Morgan fingerprint density at radius 2 is 1.72 bits per heavy atom. The zero-order valence-electron chi connectivity index (χ0n) is 38.5. The third-order valence-corrected chi connectivity index (χ3v) is 13.6. The Labute approximate surface area is 362 Å². The van der Waals surface area contributed by atoms with Crippen molar-refractivity contribution in [2.24, 2.45) is 22.7 Å². The fourth-order valence-corrected chi connectivity index (χ4v) is 9.96. The number of likely N-dealkylation sites (tertiary alicyclic amines) is 1. The number of pyridine rings is 2. The molecule has 2 amide bonds. The van der Waals surface area contributed by atoms with Crippen molar-refractivity contribution in [1.29, 1.82) is 0 Å². The summed E-state index contributed by atoms with van der Waals surface area (Å²) >= 11 is 6.43. The van der Waals surface area contributed by atoms with E-state index in [2.05, 4.69) is 20.4 Å². The summed E-state index contributed by atoms with van der Waals surface area (Å²) in [6, 6.07) is 16.2. The number of aromatic nitrogens is 4. The summed E-state index contributed by atoms with van der Waals surface area (Å²) in [5, 5.41) is 6.66. The Morgan fingerprint density at radius 1 is 0.983 bits per heavy atom. The fraction of sp³-hybridized carbons (Fsp3) is 0.523. The third kappa shape index (κ3) is 8.79. The number of hydrogen-bond acceptors (Lipinski definition) is 11. The minimum absolute atomic E-state index is 0.0929. The molecule has 320 valence electrons. The Morgan fingerprint density at radius 3 is 2.40 bits per heavy atom. The lowest BCUT2D eigenvalue weighted by atomic mass is 9.93. The molecule has 1 atom stereocenters. The van der Waals surface area contributed by atoms with Crippen LogP contribution in [0.2, 0.25) is 5.15 Å². The number of nitrogens with zero attached hydrogens (tertiary/aromatic N) is 5. The number of halogens is 1. The smallest absolute Gasteiger partial charge is 0.410 e. The van der Waals surface area contributed by atoms with E-state index in [1.54, 1.807) is 4.90 Å². The van der Waals surface area contributed by atoms with Crippen LogP contribution in [0, 0.1) is 22.7 Å². The van der Waals surface area contributed by atoms with E-state index < -0.39 is 45.4 Å². The number of fused-ring (bicyclic) bond motifs is 1. The van der Waals surface area contributed by atoms with Gasteiger partial charge in [-0.25, -0.2) is 24.2 Å². The predicted octanol–water partition coefficient (Wildman–Crippen LogP) is 8.20. The average molecular weight is 865 g/mol. The summed E-state index contributed by atoms with van der Waals surface area (Å²) in [5.74, 6) is -0.826. The minimum Gasteiger partial charge on any atom is -0.485 e. The number of ether oxygens (including phenoxy) is 3. The van der Waals surface area contributed by atoms with Crippen molar-refractivity contribution in [2.45, 2.75) is 109 Å². The van der Waals surface area contributed by atoms with E-state index in [0.29, 0.717) is 25.3 Å². The number of anilines is 1. The highest BCUT2D eigenvalue weighted by Crippen LogP contribution is 2.93. The van der Waals surface area contributed by atoms with E-state index in [9.17, 15) is 18.0 Å². The van der Waals surface area contributed by atoms with Crippen molar-refractivity contribution < 1.29 is 37.7 Å². The second kappa shape index (κ2) is 15.9. The molecule has 60 heavy (non-hydrogen) atoms. The van der Waals surface area contributed by atoms with Gasteiger partial charge in [0, 0.05) is 33.6 Å². The molecular weight excluding hydrogens is 806 g/mol. The van der Waals surface area contributed by atoms with Crippen molar-refractivity contribution in [3.8, 4) is 17.4 Å². The summed E-state index contributed by atoms with van der Waals surface area (Å²) in [7, 11) is -4.55. The van der Waals surface area contributed by atoms with E-state index in [0.717, 1.165) is 44.1 Å². The molecule has 4 heterocycles. The number of rotatable bonds is 16. The lowest BCUT2D eigenvalue weighted by molar-refractivity contribution is 0.0130. The number of carbonyl (C=O) groups excluding carboxylic acids is 2. The van der Waals surface area contributed by atoms with E-state index in [1.165, 1.54) is 41.2 Å². The molecule has 2 spiro atoms. The van der Waals surface area contributed by atoms with Gasteiger partial charge in [0.1, 0.15) is 17.4 Å². The molecular formula is C44H54ClN7O7S. The van der Waals surface area contributed by atoms with Gasteiger partial charge in [0.05, 0.1) is 14.9 Å². The molecule has 8 rings (SSSR count). The van der Waals surface area contributed by atoms with Gasteiger partial charge >= 0.3 is 6.09 Å². The molecule has 1 saturated heterocycles. The maximum absolute atomic E-state index is 13.7. The van der Waals surface area contributed by atoms with E-state index in [4.69, 9.17) is 31.3 Å². The minimum atomic E-state index is -4.55. The molecule has 1 aromatic carbocycles. The topological polar surface area (TPSA) is 167 Å². The molecule has 14 nitrogen and oxygen atoms in total. The van der Waals surface area contributed by atoms with E-state index >= 15 is 0 Å². The molecule has 3 aromatic heterocycles. The van der Waals surface area contributed by atoms with Crippen molar-refractivity contribution >= 4 is 39.4 Å². The Balaban J connectivity index is 0.911. The van der Waals surface area contributed by atoms with Crippen LogP contribution in [0.25, 0.3) is 5.82 Å². The van der Waals surface area contributed by atoms with Crippen LogP contribution in [-0.4, -0.2) is 75.9 Å². The molecule has 2 N–H and O–H groups in total. The summed E-state index contributed by atoms with van der Waals surface area (Å²) in [4.78, 5) is 36.7. The van der Waals surface area contributed by atoms with Crippen molar-refractivity contribution in [1.82, 2.24) is 29.4 Å². The van der Waals surface area contributed by atoms with Gasteiger partial charge in [-0.15, -0.1) is 5.10 Å². The second-order valence-corrected chi connectivity index (χ2v) is 19.9. The van der Waals surface area contributed by atoms with Crippen LogP contribution in [0.1, 0.15) is 107 Å². The Bertz CT molecular complexity index is 2530. The Hall–Kier alpha value is -4.89. The first-order chi connectivity index (χ1) is 30.0. The summed E-state index contributed by atoms with van der Waals surface area (Å²) in [5.41, 5.74) is -0.525. The summed E-state index contributed by atoms with van der Waals surface area (Å²) in [6.07, 6.45) is 4.80. The van der Waals surface area contributed by atoms with Crippen LogP contribution < -0.4 is 19.5 Å². The molecule has 1 aliphatic heterocycles. The first-order valence-corrected chi connectivity index (χ1v) is 22.2. The van der Waals surface area contributed by atoms with Crippen LogP contribution in [0.4, 0.5) is 10.6 Å². The molecule has 16 heteroatoms. The van der Waals surface area contributed by atoms with Crippen LogP contribution >= 0.6 is 11.6 Å². The maximum Gasteiger partial charge on any atom is 0.410 e. The van der Waals surface area contributed by atoms with Gasteiger partial charge in [0.2, 0.25) is 5.88 Å². The molecule has 4 aromatic rings. The van der Waals surface area contributed by atoms with Gasteiger partial charge in [-0.3, -0.25) is 4.79 Å². The van der Waals surface area contributed by atoms with Gasteiger partial charge in [-0.05, 0) is 138 Å². The standard InChI is InChI=1S/C44H54ClN7O7S/c1-41(2,3)59-40(54)51-27-30(26-42(51,4)5)12-9-23-46-38-32(58-28-29-10-7-6-8-11-29)14-16-36(48-38)60(55,56)50-39(53)31-13-15-34(47-37(31)45)52-24-17-35(49-52)57-25-18-33-43(19-20-43)44(33)21-22-44/h6-8,10-11,13-17,24,30,33H,9,12,18-23,25-28H2,1-5H3,(H,46,48)(H,50,53)/t30-/m0/s1/i18D2,25D2. The largest absolute Gasteiger partial charge is 0.485 e. The summed E-state index contributed by atoms with van der Waals surface area (Å²) in [6.45, 7) is 8.10. The van der Waals surface area contributed by atoms with Gasteiger partial charge in [-0.2, -0.15) is 8.42 Å². The van der Waals surface area contributed by atoms with Crippen molar-refractivity contribution in [3.05, 3.63) is 83.1 Å². The van der Waals surface area contributed by atoms with Crippen LogP contribution in [0.3, 0.4) is 0 Å². The zero-order chi connectivity index (χ0) is 46.1. The average Bonchev–Trinajstić information content (AvgIpc) is 4.17. The lowest BCUT2D eigenvalue weighted by Crippen LogP contribution is -2.45. The number of benzene rings is 1. The highest BCUT2D eigenvalue weighted by Gasteiger charge is 2.85. The fourth-order valence-electron chi connectivity index (χ4n) is 8.81.